The van der Waals surface area contributed by atoms with Gasteiger partial charge in [0.25, 0.3) is 0 Å². The quantitative estimate of drug-likeness (QED) is 0.635. The number of carboxylic acids is 1. The predicted octanol–water partition coefficient (Wildman–Crippen LogP) is 2.35. The second-order valence-corrected chi connectivity index (χ2v) is 4.60. The van der Waals surface area contributed by atoms with E-state index < -0.39 is 35.8 Å². The highest BCUT2D eigenvalue weighted by Crippen LogP contribution is 2.57. The summed E-state index contributed by atoms with van der Waals surface area (Å²) in [5.41, 5.74) is 0. The standard InChI is InChI=1S/C6HF11O2.C4H10N2/c7-2(8,1(18)19)3(9,10)4(11,12)5(13,14)6(15,16)17;1-2-6-4-3-5-1/h(H,18,19);5-6H,1-4H2. The smallest absolute Gasteiger partial charge is 0.460 e. The van der Waals surface area contributed by atoms with Crippen molar-refractivity contribution in [3.05, 3.63) is 0 Å². The molecule has 4 nitrogen and oxygen atoms in total. The van der Waals surface area contributed by atoms with E-state index in [0.29, 0.717) is 0 Å². The fraction of sp³-hybridized carbons (Fsp3) is 0.900. The van der Waals surface area contributed by atoms with E-state index in [9.17, 15) is 53.1 Å². The second kappa shape index (κ2) is 7.47. The number of halogens is 11. The summed E-state index contributed by atoms with van der Waals surface area (Å²) in [6, 6.07) is 0. The molecule has 0 bridgehead atoms. The van der Waals surface area contributed by atoms with Crippen LogP contribution in [-0.2, 0) is 4.79 Å². The molecule has 1 heterocycles. The van der Waals surface area contributed by atoms with Crippen LogP contribution in [-0.4, -0.2) is 67.1 Å². The first kappa shape index (κ1) is 23.6. The Morgan fingerprint density at radius 3 is 1.16 bits per heavy atom. The maximum absolute atomic E-state index is 12.4. The van der Waals surface area contributed by atoms with Crippen LogP contribution in [0.15, 0.2) is 0 Å². The van der Waals surface area contributed by atoms with Gasteiger partial charge in [-0.15, -0.1) is 0 Å². The molecule has 0 atom stereocenters. The Balaban J connectivity index is 0.000000796. The summed E-state index contributed by atoms with van der Waals surface area (Å²) in [7, 11) is 0. The predicted molar refractivity (Wildman–Crippen MR) is 59.2 cm³/mol. The third-order valence-electron chi connectivity index (χ3n) is 2.76. The molecule has 15 heteroatoms. The van der Waals surface area contributed by atoms with E-state index in [4.69, 9.17) is 5.11 Å². The Hall–Kier alpha value is -1.38. The van der Waals surface area contributed by atoms with E-state index in [-0.39, 0.29) is 0 Å². The number of rotatable bonds is 4. The van der Waals surface area contributed by atoms with E-state index >= 15 is 0 Å². The van der Waals surface area contributed by atoms with Crippen molar-refractivity contribution in [2.24, 2.45) is 0 Å². The lowest BCUT2D eigenvalue weighted by atomic mass is 9.98. The number of alkyl halides is 11. The van der Waals surface area contributed by atoms with Gasteiger partial charge >= 0.3 is 35.8 Å². The molecule has 3 N–H and O–H groups in total. The van der Waals surface area contributed by atoms with Gasteiger partial charge in [0.05, 0.1) is 0 Å². The van der Waals surface area contributed by atoms with Crippen molar-refractivity contribution < 1.29 is 58.2 Å². The van der Waals surface area contributed by atoms with Gasteiger partial charge in [-0.2, -0.15) is 48.3 Å². The summed E-state index contributed by atoms with van der Waals surface area (Å²) in [5, 5.41) is 14.0. The summed E-state index contributed by atoms with van der Waals surface area (Å²) in [4.78, 5) is 9.60. The van der Waals surface area contributed by atoms with Gasteiger partial charge < -0.3 is 15.7 Å². The molecular weight excluding hydrogens is 389 g/mol. The van der Waals surface area contributed by atoms with Crippen molar-refractivity contribution in [1.29, 1.82) is 0 Å². The highest BCUT2D eigenvalue weighted by molar-refractivity contribution is 5.77. The first-order chi connectivity index (χ1) is 10.9. The molecule has 1 fully saturated rings. The molecule has 0 unspecified atom stereocenters. The van der Waals surface area contributed by atoms with E-state index in [1.807, 2.05) is 0 Å². The second-order valence-electron chi connectivity index (χ2n) is 4.60. The van der Waals surface area contributed by atoms with Gasteiger partial charge in [-0.25, -0.2) is 4.79 Å². The molecule has 1 saturated heterocycles. The van der Waals surface area contributed by atoms with Gasteiger partial charge in [0.15, 0.2) is 0 Å². The van der Waals surface area contributed by atoms with Crippen LogP contribution < -0.4 is 10.6 Å². The van der Waals surface area contributed by atoms with Crippen LogP contribution in [0.25, 0.3) is 0 Å². The fourth-order valence-electron chi connectivity index (χ4n) is 1.31. The lowest BCUT2D eigenvalue weighted by molar-refractivity contribution is -0.418. The van der Waals surface area contributed by atoms with Gasteiger partial charge in [-0.05, 0) is 0 Å². The molecule has 0 radical (unpaired) electrons. The molecular formula is C10H11F11N2O2. The Labute approximate surface area is 132 Å². The Morgan fingerprint density at radius 2 is 0.960 bits per heavy atom. The van der Waals surface area contributed by atoms with Crippen LogP contribution in [0.4, 0.5) is 48.3 Å². The molecule has 150 valence electrons. The number of piperazine rings is 1. The molecule has 0 saturated carbocycles. The van der Waals surface area contributed by atoms with E-state index in [1.54, 1.807) is 0 Å². The van der Waals surface area contributed by atoms with Crippen LogP contribution in [0.3, 0.4) is 0 Å². The number of hydrogen-bond acceptors (Lipinski definition) is 3. The third-order valence-corrected chi connectivity index (χ3v) is 2.76. The minimum atomic E-state index is -7.68. The first-order valence-corrected chi connectivity index (χ1v) is 6.17. The van der Waals surface area contributed by atoms with E-state index in [1.165, 1.54) is 0 Å². The van der Waals surface area contributed by atoms with Crippen molar-refractivity contribution in [1.82, 2.24) is 10.6 Å². The molecule has 25 heavy (non-hydrogen) atoms. The maximum Gasteiger partial charge on any atom is 0.460 e. The van der Waals surface area contributed by atoms with Crippen molar-refractivity contribution in [2.45, 2.75) is 29.9 Å². The fourth-order valence-corrected chi connectivity index (χ4v) is 1.31. The SMILES string of the molecule is C1CNCCN1.O=C(O)C(F)(F)C(F)(F)C(F)(F)C(F)(F)C(F)(F)F. The lowest BCUT2D eigenvalue weighted by Crippen LogP contribution is -2.68. The minimum Gasteiger partial charge on any atom is -0.477 e. The van der Waals surface area contributed by atoms with Crippen molar-refractivity contribution in [3.8, 4) is 0 Å². The average molecular weight is 400 g/mol. The molecule has 0 aliphatic carbocycles. The molecule has 0 spiro atoms. The lowest BCUT2D eigenvalue weighted by Gasteiger charge is -2.35. The Bertz CT molecular complexity index is 449. The number of hydrogen-bond donors (Lipinski definition) is 3. The zero-order chi connectivity index (χ0) is 20.3. The van der Waals surface area contributed by atoms with Gasteiger partial charge in [0, 0.05) is 26.2 Å². The van der Waals surface area contributed by atoms with Gasteiger partial charge in [0.1, 0.15) is 0 Å². The normalized spacial score (nSPS) is 17.6. The Morgan fingerprint density at radius 1 is 0.640 bits per heavy atom. The summed E-state index contributed by atoms with van der Waals surface area (Å²) in [6.45, 7) is 4.56. The zero-order valence-corrected chi connectivity index (χ0v) is 11.8. The molecule has 0 aromatic carbocycles. The number of aliphatic carboxylic acids is 1. The van der Waals surface area contributed by atoms with Crippen LogP contribution in [0.1, 0.15) is 0 Å². The van der Waals surface area contributed by atoms with Crippen LogP contribution in [0.2, 0.25) is 0 Å². The zero-order valence-electron chi connectivity index (χ0n) is 11.8. The van der Waals surface area contributed by atoms with Crippen LogP contribution in [0, 0.1) is 0 Å². The number of carbonyl (C=O) groups is 1. The molecule has 0 aromatic rings. The number of nitrogens with one attached hydrogen (secondary N) is 2. The van der Waals surface area contributed by atoms with Gasteiger partial charge in [0.2, 0.25) is 0 Å². The highest BCUT2D eigenvalue weighted by atomic mass is 19.4. The van der Waals surface area contributed by atoms with Gasteiger partial charge in [-0.1, -0.05) is 0 Å². The van der Waals surface area contributed by atoms with Gasteiger partial charge in [-0.3, -0.25) is 0 Å². The average Bonchev–Trinajstić information content (AvgIpc) is 2.47. The Kier molecular flexibility index (Phi) is 7.06. The monoisotopic (exact) mass is 400 g/mol. The molecule has 1 rings (SSSR count). The van der Waals surface area contributed by atoms with Crippen LogP contribution >= 0.6 is 0 Å². The van der Waals surface area contributed by atoms with Crippen molar-refractivity contribution >= 4 is 5.97 Å². The highest BCUT2D eigenvalue weighted by Gasteiger charge is 2.88. The molecule has 1 aliphatic rings. The molecule has 0 aromatic heterocycles. The third kappa shape index (κ3) is 4.43. The minimum absolute atomic E-state index is 1.14. The largest absolute Gasteiger partial charge is 0.477 e. The maximum atomic E-state index is 12.4. The molecule has 1 aliphatic heterocycles. The summed E-state index contributed by atoms with van der Waals surface area (Å²) >= 11 is 0. The summed E-state index contributed by atoms with van der Waals surface area (Å²) in [5.74, 6) is -33.6. The molecule has 0 amide bonds. The van der Waals surface area contributed by atoms with Crippen LogP contribution in [0.5, 0.6) is 0 Å². The van der Waals surface area contributed by atoms with E-state index in [0.717, 1.165) is 26.2 Å². The summed E-state index contributed by atoms with van der Waals surface area (Å²) in [6.07, 6.45) is -7.30. The first-order valence-electron chi connectivity index (χ1n) is 6.17. The van der Waals surface area contributed by atoms with E-state index in [2.05, 4.69) is 10.6 Å². The number of carboxylic acid groups (broad SMARTS) is 1. The summed E-state index contributed by atoms with van der Waals surface area (Å²) < 4.78 is 133. The van der Waals surface area contributed by atoms with Crippen molar-refractivity contribution in [3.63, 3.8) is 0 Å². The van der Waals surface area contributed by atoms with Crippen molar-refractivity contribution in [2.75, 3.05) is 26.2 Å². The topological polar surface area (TPSA) is 61.4 Å².